The average Bonchev–Trinajstić information content (AvgIpc) is 3.32. The molecule has 0 radical (unpaired) electrons. The number of hydrogen-bond acceptors (Lipinski definition) is 9. The molecule has 1 unspecified atom stereocenters. The molecule has 1 amide bonds. The Kier molecular flexibility index (Phi) is 15.1. The molecule has 2 aliphatic heterocycles. The first kappa shape index (κ1) is 44.1. The number of alkyl halides is 9. The summed E-state index contributed by atoms with van der Waals surface area (Å²) in [5, 5.41) is 24.0. The molecule has 5 N–H and O–H groups in total. The van der Waals surface area contributed by atoms with Gasteiger partial charge in [0, 0.05) is 30.4 Å². The number of carboxylic acid groups (broad SMARTS) is 2. The quantitative estimate of drug-likeness (QED) is 0.148. The zero-order valence-electron chi connectivity index (χ0n) is 28.4. The third-order valence-electron chi connectivity index (χ3n) is 7.67. The third-order valence-corrected chi connectivity index (χ3v) is 7.96. The van der Waals surface area contributed by atoms with E-state index in [0.29, 0.717) is 54.0 Å². The standard InChI is InChI=1S/C29H30ClF3N6O2.2C2HF3O2/c1-39-12-3-2-6-21(39)16-35-28(40)18-10-11-34-26-23(13-18)27(37-17-36-26)38-20-8-9-25(24(30)15-20)41-22-7-4-5-19(14-22)29(31,32)33;2*3-2(4,5)1(6)7/h4-5,7-9,13-15,17,21H,2-3,6,10-12,16H2,1H3,(H,35,40)(H2,34,36,37,38);2*(H,6,7). The molecule has 1 aromatic heterocycles. The van der Waals surface area contributed by atoms with Crippen molar-refractivity contribution >= 4 is 52.8 Å². The van der Waals surface area contributed by atoms with Crippen LogP contribution in [0.3, 0.4) is 0 Å². The maximum absolute atomic E-state index is 13.1. The van der Waals surface area contributed by atoms with Crippen LogP contribution >= 0.6 is 11.6 Å². The zero-order chi connectivity index (χ0) is 41.1. The van der Waals surface area contributed by atoms with Crippen molar-refractivity contribution in [2.75, 3.05) is 37.3 Å². The van der Waals surface area contributed by atoms with E-state index in [0.717, 1.165) is 25.1 Å². The van der Waals surface area contributed by atoms with E-state index in [1.54, 1.807) is 24.3 Å². The lowest BCUT2D eigenvalue weighted by atomic mass is 10.0. The predicted octanol–water partition coefficient (Wildman–Crippen LogP) is 7.75. The number of carboxylic acids is 2. The van der Waals surface area contributed by atoms with Crippen LogP contribution in [0.5, 0.6) is 11.5 Å². The monoisotopic (exact) mass is 814 g/mol. The van der Waals surface area contributed by atoms with Gasteiger partial charge in [-0.3, -0.25) is 4.79 Å². The molecular weight excluding hydrogens is 783 g/mol. The van der Waals surface area contributed by atoms with Crippen molar-refractivity contribution in [3.8, 4) is 11.5 Å². The number of halogens is 10. The largest absolute Gasteiger partial charge is 0.490 e. The fraction of sp³-hybridized carbons (Fsp3) is 0.364. The molecule has 300 valence electrons. The number of nitrogens with zero attached hydrogens (tertiary/aromatic N) is 3. The minimum atomic E-state index is -5.08. The average molecular weight is 815 g/mol. The van der Waals surface area contributed by atoms with Crippen LogP contribution in [-0.2, 0) is 20.6 Å². The maximum Gasteiger partial charge on any atom is 0.490 e. The van der Waals surface area contributed by atoms with Gasteiger partial charge in [-0.15, -0.1) is 0 Å². The summed E-state index contributed by atoms with van der Waals surface area (Å²) in [5.41, 5.74) is 1.00. The number of rotatable bonds is 7. The molecule has 0 spiro atoms. The van der Waals surface area contributed by atoms with Crippen LogP contribution in [0.1, 0.15) is 36.8 Å². The number of likely N-dealkylation sites (tertiary alicyclic amines) is 1. The zero-order valence-corrected chi connectivity index (χ0v) is 29.1. The molecule has 0 aliphatic carbocycles. The number of likely N-dealkylation sites (N-methyl/N-ethyl adjacent to an activating group) is 1. The van der Waals surface area contributed by atoms with Gasteiger partial charge < -0.3 is 35.8 Å². The number of hydrogen-bond donors (Lipinski definition) is 5. The van der Waals surface area contributed by atoms with Crippen LogP contribution in [-0.4, -0.2) is 88.0 Å². The Labute approximate surface area is 311 Å². The van der Waals surface area contributed by atoms with Gasteiger partial charge >= 0.3 is 30.5 Å². The highest BCUT2D eigenvalue weighted by Gasteiger charge is 2.39. The molecular formula is C33H32ClF9N6O6. The lowest BCUT2D eigenvalue weighted by Crippen LogP contribution is -2.44. The van der Waals surface area contributed by atoms with E-state index in [-0.39, 0.29) is 22.4 Å². The fourth-order valence-electron chi connectivity index (χ4n) is 4.90. The number of carbonyl (C=O) groups is 3. The first-order valence-electron chi connectivity index (χ1n) is 15.9. The number of aliphatic carboxylic acids is 2. The van der Waals surface area contributed by atoms with Crippen LogP contribution in [0.2, 0.25) is 5.02 Å². The first-order chi connectivity index (χ1) is 25.6. The summed E-state index contributed by atoms with van der Waals surface area (Å²) in [6.45, 7) is 2.17. The summed E-state index contributed by atoms with van der Waals surface area (Å²) in [7, 11) is 2.09. The molecule has 0 bridgehead atoms. The SMILES string of the molecule is CN1CCCCC1CNC(=O)C1=Cc2c(ncnc2Nc2ccc(Oc3cccc(C(F)(F)F)c3)c(Cl)c2)NCC1.O=C(O)C(F)(F)F.O=C(O)C(F)(F)F. The molecule has 1 saturated heterocycles. The fourth-order valence-corrected chi connectivity index (χ4v) is 5.12. The van der Waals surface area contributed by atoms with E-state index in [4.69, 9.17) is 36.1 Å². The number of nitrogens with one attached hydrogen (secondary N) is 3. The molecule has 1 atom stereocenters. The van der Waals surface area contributed by atoms with Crippen LogP contribution in [0, 0.1) is 0 Å². The van der Waals surface area contributed by atoms with Gasteiger partial charge in [-0.25, -0.2) is 19.6 Å². The molecule has 3 aromatic rings. The lowest BCUT2D eigenvalue weighted by Gasteiger charge is -2.32. The summed E-state index contributed by atoms with van der Waals surface area (Å²) < 4.78 is 108. The Morgan fingerprint density at radius 2 is 1.62 bits per heavy atom. The maximum atomic E-state index is 13.1. The number of aromatic nitrogens is 2. The number of amides is 1. The van der Waals surface area contributed by atoms with Crippen LogP contribution < -0.4 is 20.7 Å². The summed E-state index contributed by atoms with van der Waals surface area (Å²) in [6.07, 6.45) is -7.50. The number of benzene rings is 2. The molecule has 0 saturated carbocycles. The Hall–Kier alpha value is -5.31. The number of carbonyl (C=O) groups excluding carboxylic acids is 1. The van der Waals surface area contributed by atoms with Crippen molar-refractivity contribution in [3.63, 3.8) is 0 Å². The van der Waals surface area contributed by atoms with Gasteiger partial charge in [0.15, 0.2) is 0 Å². The summed E-state index contributed by atoms with van der Waals surface area (Å²) in [6, 6.07) is 9.73. The van der Waals surface area contributed by atoms with Crippen LogP contribution in [0.25, 0.3) is 6.08 Å². The van der Waals surface area contributed by atoms with Gasteiger partial charge in [-0.1, -0.05) is 24.1 Å². The van der Waals surface area contributed by atoms with Crippen molar-refractivity contribution < 1.29 is 68.8 Å². The van der Waals surface area contributed by atoms with E-state index in [1.807, 2.05) is 0 Å². The van der Waals surface area contributed by atoms with E-state index >= 15 is 0 Å². The van der Waals surface area contributed by atoms with Crippen LogP contribution in [0.4, 0.5) is 56.8 Å². The van der Waals surface area contributed by atoms with Crippen molar-refractivity contribution in [1.29, 1.82) is 0 Å². The van der Waals surface area contributed by atoms with Crippen molar-refractivity contribution in [1.82, 2.24) is 20.2 Å². The molecule has 22 heteroatoms. The van der Waals surface area contributed by atoms with Crippen molar-refractivity contribution in [2.24, 2.45) is 0 Å². The van der Waals surface area contributed by atoms with Gasteiger partial charge in [-0.2, -0.15) is 39.5 Å². The highest BCUT2D eigenvalue weighted by atomic mass is 35.5. The Balaban J connectivity index is 0.000000494. The molecule has 55 heavy (non-hydrogen) atoms. The van der Waals surface area contributed by atoms with Crippen molar-refractivity contribution in [3.05, 3.63) is 70.5 Å². The Bertz CT molecular complexity index is 1830. The third kappa shape index (κ3) is 13.8. The molecule has 2 aliphatic rings. The minimum Gasteiger partial charge on any atom is -0.475 e. The molecule has 1 fully saturated rings. The predicted molar refractivity (Wildman–Crippen MR) is 180 cm³/mol. The van der Waals surface area contributed by atoms with Crippen LogP contribution in [0.15, 0.2) is 54.4 Å². The number of anilines is 3. The summed E-state index contributed by atoms with van der Waals surface area (Å²) >= 11 is 6.42. The second-order valence-electron chi connectivity index (χ2n) is 11.7. The summed E-state index contributed by atoms with van der Waals surface area (Å²) in [5.74, 6) is -4.37. The number of piperidine rings is 1. The second kappa shape index (κ2) is 18.8. The summed E-state index contributed by atoms with van der Waals surface area (Å²) in [4.78, 5) is 41.9. The highest BCUT2D eigenvalue weighted by molar-refractivity contribution is 6.32. The first-order valence-corrected chi connectivity index (χ1v) is 16.2. The normalized spacial score (nSPS) is 15.9. The number of ether oxygens (including phenoxy) is 1. The number of fused-ring (bicyclic) bond motifs is 1. The smallest absolute Gasteiger partial charge is 0.475 e. The van der Waals surface area contributed by atoms with Gasteiger partial charge in [-0.05, 0) is 75.3 Å². The Morgan fingerprint density at radius 3 is 2.20 bits per heavy atom. The van der Waals surface area contributed by atoms with Gasteiger partial charge in [0.2, 0.25) is 5.91 Å². The topological polar surface area (TPSA) is 166 Å². The van der Waals surface area contributed by atoms with Gasteiger partial charge in [0.05, 0.1) is 16.1 Å². The second-order valence-corrected chi connectivity index (χ2v) is 12.1. The molecule has 2 aromatic carbocycles. The van der Waals surface area contributed by atoms with E-state index in [9.17, 15) is 44.3 Å². The van der Waals surface area contributed by atoms with E-state index in [1.165, 1.54) is 31.3 Å². The van der Waals surface area contributed by atoms with Crippen molar-refractivity contribution in [2.45, 2.75) is 50.3 Å². The van der Waals surface area contributed by atoms with E-state index in [2.05, 4.69) is 37.9 Å². The molecule has 5 rings (SSSR count). The lowest BCUT2D eigenvalue weighted by molar-refractivity contribution is -0.193. The molecule has 12 nitrogen and oxygen atoms in total. The van der Waals surface area contributed by atoms with E-state index < -0.39 is 36.0 Å². The highest BCUT2D eigenvalue weighted by Crippen LogP contribution is 2.37. The Morgan fingerprint density at radius 1 is 0.964 bits per heavy atom. The van der Waals surface area contributed by atoms with Gasteiger partial charge in [0.25, 0.3) is 0 Å². The van der Waals surface area contributed by atoms with Gasteiger partial charge in [0.1, 0.15) is 29.5 Å². The minimum absolute atomic E-state index is 0.0145. The molecule has 3 heterocycles.